The minimum absolute atomic E-state index is 0.556. The van der Waals surface area contributed by atoms with Crippen LogP contribution in [-0.2, 0) is 0 Å². The van der Waals surface area contributed by atoms with Gasteiger partial charge in [0, 0.05) is 6.54 Å². The summed E-state index contributed by atoms with van der Waals surface area (Å²) in [4.78, 5) is 0. The Kier molecular flexibility index (Phi) is 5.93. The summed E-state index contributed by atoms with van der Waals surface area (Å²) in [6.45, 7) is 3.72. The molecule has 1 unspecified atom stereocenters. The van der Waals surface area contributed by atoms with Gasteiger partial charge in [0.1, 0.15) is 0 Å². The molecule has 0 radical (unpaired) electrons. The maximum atomic E-state index is 5.45. The molecule has 0 aliphatic rings. The van der Waals surface area contributed by atoms with Crippen LogP contribution in [0.2, 0.25) is 0 Å². The van der Waals surface area contributed by atoms with Crippen molar-refractivity contribution in [2.45, 2.75) is 19.8 Å². The Morgan fingerprint density at radius 2 is 2.22 bits per heavy atom. The summed E-state index contributed by atoms with van der Waals surface area (Å²) in [5, 5.41) is 0. The molecule has 9 heavy (non-hydrogen) atoms. The van der Waals surface area contributed by atoms with Gasteiger partial charge >= 0.3 is 0 Å². The highest BCUT2D eigenvalue weighted by molar-refractivity contribution is 4.59. The lowest BCUT2D eigenvalue weighted by molar-refractivity contribution is 0.456. The summed E-state index contributed by atoms with van der Waals surface area (Å²) in [7, 11) is 0. The van der Waals surface area contributed by atoms with E-state index in [-0.39, 0.29) is 0 Å². The zero-order valence-corrected chi connectivity index (χ0v) is 6.06. The normalized spacial score (nSPS) is 13.7. The molecule has 0 heterocycles. The minimum atomic E-state index is 0.556. The van der Waals surface area contributed by atoms with E-state index in [1.807, 2.05) is 0 Å². The first-order valence-electron chi connectivity index (χ1n) is 3.48. The van der Waals surface area contributed by atoms with E-state index in [0.29, 0.717) is 5.92 Å². The quantitative estimate of drug-likeness (QED) is 0.358. The molecule has 56 valence electrons. The van der Waals surface area contributed by atoms with Gasteiger partial charge in [0.2, 0.25) is 0 Å². The first-order chi connectivity index (χ1) is 4.35. The van der Waals surface area contributed by atoms with Crippen molar-refractivity contribution in [2.24, 2.45) is 17.5 Å². The third kappa shape index (κ3) is 4.39. The second-order valence-corrected chi connectivity index (χ2v) is 2.30. The second kappa shape index (κ2) is 6.01. The van der Waals surface area contributed by atoms with Gasteiger partial charge in [0.05, 0.1) is 0 Å². The lowest BCUT2D eigenvalue weighted by Gasteiger charge is -2.11. The van der Waals surface area contributed by atoms with Crippen molar-refractivity contribution in [3.8, 4) is 0 Å². The maximum absolute atomic E-state index is 5.45. The largest absolute Gasteiger partial charge is 0.330 e. The molecule has 3 heteroatoms. The average Bonchev–Trinajstić information content (AvgIpc) is 1.88. The SMILES string of the molecule is CCCC(CN)CNN. The zero-order chi connectivity index (χ0) is 7.11. The molecule has 3 nitrogen and oxygen atoms in total. The van der Waals surface area contributed by atoms with Crippen molar-refractivity contribution in [1.82, 2.24) is 5.43 Å². The smallest absolute Gasteiger partial charge is 0.0138 e. The van der Waals surface area contributed by atoms with Crippen molar-refractivity contribution in [3.63, 3.8) is 0 Å². The van der Waals surface area contributed by atoms with Crippen LogP contribution in [-0.4, -0.2) is 13.1 Å². The molecule has 0 saturated carbocycles. The zero-order valence-electron chi connectivity index (χ0n) is 6.06. The van der Waals surface area contributed by atoms with Gasteiger partial charge in [0.25, 0.3) is 0 Å². The Hall–Kier alpha value is -0.120. The first-order valence-corrected chi connectivity index (χ1v) is 3.48. The minimum Gasteiger partial charge on any atom is -0.330 e. The van der Waals surface area contributed by atoms with Gasteiger partial charge in [-0.3, -0.25) is 11.3 Å². The van der Waals surface area contributed by atoms with Gasteiger partial charge in [-0.1, -0.05) is 13.3 Å². The van der Waals surface area contributed by atoms with Crippen molar-refractivity contribution in [3.05, 3.63) is 0 Å². The number of hydrogen-bond acceptors (Lipinski definition) is 3. The highest BCUT2D eigenvalue weighted by atomic mass is 15.2. The Balaban J connectivity index is 3.18. The molecule has 0 rings (SSSR count). The number of hydrogen-bond donors (Lipinski definition) is 3. The molecule has 0 aliphatic heterocycles. The molecule has 0 aromatic rings. The van der Waals surface area contributed by atoms with Gasteiger partial charge < -0.3 is 5.73 Å². The van der Waals surface area contributed by atoms with Crippen molar-refractivity contribution in [2.75, 3.05) is 13.1 Å². The van der Waals surface area contributed by atoms with E-state index in [4.69, 9.17) is 11.6 Å². The molecule has 0 spiro atoms. The highest BCUT2D eigenvalue weighted by Gasteiger charge is 2.01. The van der Waals surface area contributed by atoms with E-state index in [1.54, 1.807) is 0 Å². The Labute approximate surface area is 56.8 Å². The van der Waals surface area contributed by atoms with Gasteiger partial charge in [0.15, 0.2) is 0 Å². The van der Waals surface area contributed by atoms with Crippen LogP contribution in [0.4, 0.5) is 0 Å². The molecule has 0 amide bonds. The Morgan fingerprint density at radius 3 is 2.56 bits per heavy atom. The van der Waals surface area contributed by atoms with Gasteiger partial charge in [-0.15, -0.1) is 0 Å². The van der Waals surface area contributed by atoms with E-state index >= 15 is 0 Å². The van der Waals surface area contributed by atoms with E-state index in [1.165, 1.54) is 12.8 Å². The van der Waals surface area contributed by atoms with E-state index in [0.717, 1.165) is 13.1 Å². The molecular formula is C6H17N3. The number of nitrogens with two attached hydrogens (primary N) is 2. The highest BCUT2D eigenvalue weighted by Crippen LogP contribution is 2.01. The lowest BCUT2D eigenvalue weighted by atomic mass is 10.1. The fourth-order valence-corrected chi connectivity index (χ4v) is 0.878. The summed E-state index contributed by atoms with van der Waals surface area (Å²) in [6, 6.07) is 0. The fraction of sp³-hybridized carbons (Fsp3) is 1.00. The van der Waals surface area contributed by atoms with Crippen molar-refractivity contribution in [1.29, 1.82) is 0 Å². The van der Waals surface area contributed by atoms with E-state index in [2.05, 4.69) is 12.3 Å². The van der Waals surface area contributed by atoms with E-state index < -0.39 is 0 Å². The van der Waals surface area contributed by atoms with Crippen LogP contribution in [0.1, 0.15) is 19.8 Å². The standard InChI is InChI=1S/C6H17N3/c1-2-3-6(4-7)5-9-8/h6,9H,2-5,7-8H2,1H3. The maximum Gasteiger partial charge on any atom is 0.0138 e. The first kappa shape index (κ1) is 8.88. The molecular weight excluding hydrogens is 114 g/mol. The van der Waals surface area contributed by atoms with E-state index in [9.17, 15) is 0 Å². The van der Waals surface area contributed by atoms with Crippen LogP contribution in [0.25, 0.3) is 0 Å². The number of hydrazine groups is 1. The molecule has 0 bridgehead atoms. The predicted molar refractivity (Wildman–Crippen MR) is 39.6 cm³/mol. The summed E-state index contributed by atoms with van der Waals surface area (Å²) in [6.07, 6.45) is 2.35. The Bertz CT molecular complexity index is 50.3. The van der Waals surface area contributed by atoms with Crippen LogP contribution in [0, 0.1) is 5.92 Å². The molecule has 0 aromatic carbocycles. The number of nitrogens with one attached hydrogen (secondary N) is 1. The Morgan fingerprint density at radius 1 is 1.56 bits per heavy atom. The summed E-state index contributed by atoms with van der Waals surface area (Å²) < 4.78 is 0. The lowest BCUT2D eigenvalue weighted by Crippen LogP contribution is -2.32. The second-order valence-electron chi connectivity index (χ2n) is 2.30. The van der Waals surface area contributed by atoms with Crippen molar-refractivity contribution < 1.29 is 0 Å². The molecule has 0 saturated heterocycles. The van der Waals surface area contributed by atoms with Crippen molar-refractivity contribution >= 4 is 0 Å². The molecule has 0 aliphatic carbocycles. The fourth-order valence-electron chi connectivity index (χ4n) is 0.878. The number of rotatable bonds is 5. The summed E-state index contributed by atoms with van der Waals surface area (Å²) >= 11 is 0. The molecule has 5 N–H and O–H groups in total. The molecule has 0 fully saturated rings. The van der Waals surface area contributed by atoms with Gasteiger partial charge in [-0.05, 0) is 18.9 Å². The monoisotopic (exact) mass is 131 g/mol. The van der Waals surface area contributed by atoms with Crippen LogP contribution >= 0.6 is 0 Å². The molecule has 1 atom stereocenters. The van der Waals surface area contributed by atoms with Crippen LogP contribution in [0.3, 0.4) is 0 Å². The van der Waals surface area contributed by atoms with Gasteiger partial charge in [-0.25, -0.2) is 0 Å². The van der Waals surface area contributed by atoms with Gasteiger partial charge in [-0.2, -0.15) is 0 Å². The molecule has 0 aromatic heterocycles. The summed E-state index contributed by atoms with van der Waals surface area (Å²) in [5.41, 5.74) is 8.07. The summed E-state index contributed by atoms with van der Waals surface area (Å²) in [5.74, 6) is 5.69. The predicted octanol–water partition coefficient (Wildman–Crippen LogP) is -0.175. The van der Waals surface area contributed by atoms with Crippen LogP contribution < -0.4 is 17.0 Å². The van der Waals surface area contributed by atoms with Crippen LogP contribution in [0.5, 0.6) is 0 Å². The third-order valence-corrected chi connectivity index (χ3v) is 1.44. The van der Waals surface area contributed by atoms with Crippen LogP contribution in [0.15, 0.2) is 0 Å². The topological polar surface area (TPSA) is 64.1 Å². The average molecular weight is 131 g/mol. The third-order valence-electron chi connectivity index (χ3n) is 1.44.